The van der Waals surface area contributed by atoms with E-state index in [-0.39, 0.29) is 17.4 Å². The van der Waals surface area contributed by atoms with E-state index in [0.29, 0.717) is 0 Å². The highest BCUT2D eigenvalue weighted by molar-refractivity contribution is 5.82. The summed E-state index contributed by atoms with van der Waals surface area (Å²) in [5, 5.41) is 12.0. The maximum atomic E-state index is 11.8. The topological polar surface area (TPSA) is 56.1 Å². The zero-order valence-electron chi connectivity index (χ0n) is 11.1. The Morgan fingerprint density at radius 1 is 1.53 bits per heavy atom. The molecule has 1 atom stereocenters. The van der Waals surface area contributed by atoms with E-state index in [1.807, 2.05) is 25.7 Å². The number of carbonyl (C=O) groups is 1. The SMILES string of the molecule is CC1NCCN(CCCCC(C)(C)C#N)C1=O. The molecule has 0 radical (unpaired) electrons. The molecule has 0 aromatic carbocycles. The Hall–Kier alpha value is -1.08. The summed E-state index contributed by atoms with van der Waals surface area (Å²) in [4.78, 5) is 13.7. The molecule has 0 bridgehead atoms. The van der Waals surface area contributed by atoms with Crippen LogP contribution in [0.2, 0.25) is 0 Å². The fourth-order valence-corrected chi connectivity index (χ4v) is 2.03. The Balaban J connectivity index is 2.23. The minimum absolute atomic E-state index is 0.0423. The summed E-state index contributed by atoms with van der Waals surface area (Å²) < 4.78 is 0. The first-order valence-electron chi connectivity index (χ1n) is 6.40. The quantitative estimate of drug-likeness (QED) is 0.738. The first-order valence-corrected chi connectivity index (χ1v) is 6.40. The van der Waals surface area contributed by atoms with Gasteiger partial charge in [-0.1, -0.05) is 6.42 Å². The molecule has 0 aromatic rings. The van der Waals surface area contributed by atoms with E-state index in [1.165, 1.54) is 0 Å². The Labute approximate surface area is 104 Å². The number of unbranched alkanes of at least 4 members (excludes halogenated alkanes) is 1. The van der Waals surface area contributed by atoms with Gasteiger partial charge in [0.05, 0.1) is 17.5 Å². The number of nitrogens with zero attached hydrogens (tertiary/aromatic N) is 2. The van der Waals surface area contributed by atoms with Crippen molar-refractivity contribution in [2.45, 2.75) is 46.1 Å². The summed E-state index contributed by atoms with van der Waals surface area (Å²) in [6.07, 6.45) is 2.90. The summed E-state index contributed by atoms with van der Waals surface area (Å²) in [6, 6.07) is 2.26. The summed E-state index contributed by atoms with van der Waals surface area (Å²) >= 11 is 0. The van der Waals surface area contributed by atoms with E-state index < -0.39 is 0 Å². The highest BCUT2D eigenvalue weighted by Gasteiger charge is 2.24. The number of carbonyl (C=O) groups excluding carboxylic acids is 1. The molecular weight excluding hydrogens is 214 g/mol. The normalized spacial score (nSPS) is 21.4. The highest BCUT2D eigenvalue weighted by Crippen LogP contribution is 2.21. The Bertz CT molecular complexity index is 306. The molecule has 1 aliphatic rings. The van der Waals surface area contributed by atoms with Gasteiger partial charge in [0.25, 0.3) is 0 Å². The minimum Gasteiger partial charge on any atom is -0.340 e. The molecule has 1 heterocycles. The molecule has 0 aliphatic carbocycles. The second-order valence-electron chi connectivity index (χ2n) is 5.45. The fraction of sp³-hybridized carbons (Fsp3) is 0.846. The van der Waals surface area contributed by atoms with Gasteiger partial charge in [0.2, 0.25) is 5.91 Å². The number of amides is 1. The van der Waals surface area contributed by atoms with Crippen molar-refractivity contribution >= 4 is 5.91 Å². The minimum atomic E-state index is -0.235. The van der Waals surface area contributed by atoms with Crippen molar-refractivity contribution in [1.29, 1.82) is 5.26 Å². The molecule has 17 heavy (non-hydrogen) atoms. The average Bonchev–Trinajstić information content (AvgIpc) is 2.30. The van der Waals surface area contributed by atoms with E-state index in [0.717, 1.165) is 38.9 Å². The fourth-order valence-electron chi connectivity index (χ4n) is 2.03. The second-order valence-corrected chi connectivity index (χ2v) is 5.45. The van der Waals surface area contributed by atoms with Gasteiger partial charge in [0.15, 0.2) is 0 Å². The van der Waals surface area contributed by atoms with E-state index in [4.69, 9.17) is 5.26 Å². The van der Waals surface area contributed by atoms with Crippen molar-refractivity contribution in [3.8, 4) is 6.07 Å². The summed E-state index contributed by atoms with van der Waals surface area (Å²) in [6.45, 7) is 8.36. The van der Waals surface area contributed by atoms with Crippen LogP contribution < -0.4 is 5.32 Å². The second kappa shape index (κ2) is 6.02. The Morgan fingerprint density at radius 3 is 2.88 bits per heavy atom. The van der Waals surface area contributed by atoms with Gasteiger partial charge >= 0.3 is 0 Å². The van der Waals surface area contributed by atoms with Gasteiger partial charge in [0, 0.05) is 19.6 Å². The largest absolute Gasteiger partial charge is 0.340 e. The third kappa shape index (κ3) is 4.35. The summed E-state index contributed by atoms with van der Waals surface area (Å²) in [5.41, 5.74) is -0.235. The molecular formula is C13H23N3O. The van der Waals surface area contributed by atoms with E-state index >= 15 is 0 Å². The van der Waals surface area contributed by atoms with Crippen LogP contribution in [0.3, 0.4) is 0 Å². The van der Waals surface area contributed by atoms with Crippen LogP contribution in [0.5, 0.6) is 0 Å². The molecule has 4 heteroatoms. The lowest BCUT2D eigenvalue weighted by molar-refractivity contribution is -0.135. The Morgan fingerprint density at radius 2 is 2.24 bits per heavy atom. The Kier molecular flexibility index (Phi) is 4.95. The van der Waals surface area contributed by atoms with Crippen LogP contribution in [0, 0.1) is 16.7 Å². The third-order valence-corrected chi connectivity index (χ3v) is 3.30. The van der Waals surface area contributed by atoms with Crippen molar-refractivity contribution in [2.24, 2.45) is 5.41 Å². The van der Waals surface area contributed by atoms with Crippen LogP contribution in [-0.2, 0) is 4.79 Å². The number of hydrogen-bond donors (Lipinski definition) is 1. The van der Waals surface area contributed by atoms with Crippen LogP contribution in [0.4, 0.5) is 0 Å². The lowest BCUT2D eigenvalue weighted by Crippen LogP contribution is -2.53. The molecule has 1 fully saturated rings. The van der Waals surface area contributed by atoms with Crippen LogP contribution in [-0.4, -0.2) is 36.5 Å². The maximum Gasteiger partial charge on any atom is 0.239 e. The van der Waals surface area contributed by atoms with Crippen LogP contribution in [0.1, 0.15) is 40.0 Å². The van der Waals surface area contributed by atoms with Gasteiger partial charge in [-0.05, 0) is 33.6 Å². The van der Waals surface area contributed by atoms with Crippen LogP contribution in [0.25, 0.3) is 0 Å². The van der Waals surface area contributed by atoms with Gasteiger partial charge in [-0.2, -0.15) is 5.26 Å². The van der Waals surface area contributed by atoms with E-state index in [1.54, 1.807) is 0 Å². The molecule has 1 aliphatic heterocycles. The zero-order chi connectivity index (χ0) is 12.9. The first-order chi connectivity index (χ1) is 7.96. The highest BCUT2D eigenvalue weighted by atomic mass is 16.2. The molecule has 1 rings (SSSR count). The maximum absolute atomic E-state index is 11.8. The molecule has 1 unspecified atom stereocenters. The molecule has 96 valence electrons. The summed E-state index contributed by atoms with van der Waals surface area (Å²) in [7, 11) is 0. The number of nitriles is 1. The molecule has 1 saturated heterocycles. The van der Waals surface area contributed by atoms with Gasteiger partial charge in [-0.25, -0.2) is 0 Å². The number of rotatable bonds is 5. The standard InChI is InChI=1S/C13H23N3O/c1-11-12(17)16(9-7-15-11)8-5-4-6-13(2,3)10-14/h11,15H,4-9H2,1-3H3. The first kappa shape index (κ1) is 14.0. The van der Waals surface area contributed by atoms with Gasteiger partial charge < -0.3 is 10.2 Å². The smallest absolute Gasteiger partial charge is 0.239 e. The van der Waals surface area contributed by atoms with Gasteiger partial charge in [-0.3, -0.25) is 4.79 Å². The van der Waals surface area contributed by atoms with E-state index in [2.05, 4.69) is 11.4 Å². The van der Waals surface area contributed by atoms with Crippen molar-refractivity contribution in [2.75, 3.05) is 19.6 Å². The average molecular weight is 237 g/mol. The summed E-state index contributed by atoms with van der Waals surface area (Å²) in [5.74, 6) is 0.204. The molecule has 4 nitrogen and oxygen atoms in total. The molecule has 1 amide bonds. The lowest BCUT2D eigenvalue weighted by Gasteiger charge is -2.31. The van der Waals surface area contributed by atoms with Crippen molar-refractivity contribution in [1.82, 2.24) is 10.2 Å². The van der Waals surface area contributed by atoms with Crippen LogP contribution in [0.15, 0.2) is 0 Å². The van der Waals surface area contributed by atoms with Crippen molar-refractivity contribution < 1.29 is 4.79 Å². The molecule has 0 saturated carbocycles. The van der Waals surface area contributed by atoms with Gasteiger partial charge in [0.1, 0.15) is 0 Å². The number of hydrogen-bond acceptors (Lipinski definition) is 3. The van der Waals surface area contributed by atoms with E-state index in [9.17, 15) is 4.79 Å². The predicted molar refractivity (Wildman–Crippen MR) is 67.3 cm³/mol. The van der Waals surface area contributed by atoms with Crippen molar-refractivity contribution in [3.63, 3.8) is 0 Å². The third-order valence-electron chi connectivity index (χ3n) is 3.30. The molecule has 0 aromatic heterocycles. The predicted octanol–water partition coefficient (Wildman–Crippen LogP) is 1.53. The monoisotopic (exact) mass is 237 g/mol. The van der Waals surface area contributed by atoms with Crippen molar-refractivity contribution in [3.05, 3.63) is 0 Å². The number of nitrogens with one attached hydrogen (secondary N) is 1. The van der Waals surface area contributed by atoms with Gasteiger partial charge in [-0.15, -0.1) is 0 Å². The lowest BCUT2D eigenvalue weighted by atomic mass is 9.89. The molecule has 0 spiro atoms. The number of piperazine rings is 1. The van der Waals surface area contributed by atoms with Crippen LogP contribution >= 0.6 is 0 Å². The zero-order valence-corrected chi connectivity index (χ0v) is 11.1. The molecule has 1 N–H and O–H groups in total.